The maximum absolute atomic E-state index is 12.0. The van der Waals surface area contributed by atoms with E-state index in [1.54, 1.807) is 13.2 Å². The summed E-state index contributed by atoms with van der Waals surface area (Å²) in [6.45, 7) is 8.57. The summed E-state index contributed by atoms with van der Waals surface area (Å²) in [7, 11) is 1.73. The zero-order valence-electron chi connectivity index (χ0n) is 15.9. The van der Waals surface area contributed by atoms with E-state index in [-0.39, 0.29) is 11.3 Å². The van der Waals surface area contributed by atoms with E-state index in [1.807, 2.05) is 16.6 Å². The minimum Gasteiger partial charge on any atom is -0.354 e. The first kappa shape index (κ1) is 17.4. The molecule has 1 N–H and O–H groups in total. The number of carbonyl (C=O) groups is 1. The van der Waals surface area contributed by atoms with E-state index in [1.165, 1.54) is 4.68 Å². The highest BCUT2D eigenvalue weighted by molar-refractivity contribution is 5.91. The second-order valence-corrected chi connectivity index (χ2v) is 7.99. The molecule has 4 heterocycles. The monoisotopic (exact) mass is 369 g/mol. The number of hydrogen-bond donors (Lipinski definition) is 1. The smallest absolute Gasteiger partial charge is 0.273 e. The molecule has 0 saturated carbocycles. The fourth-order valence-electron chi connectivity index (χ4n) is 3.08. The molecule has 0 atom stereocenters. The van der Waals surface area contributed by atoms with E-state index in [0.29, 0.717) is 18.2 Å². The van der Waals surface area contributed by atoms with Crippen molar-refractivity contribution in [3.63, 3.8) is 0 Å². The Kier molecular flexibility index (Phi) is 4.05. The highest BCUT2D eigenvalue weighted by Crippen LogP contribution is 2.25. The molecule has 10 heteroatoms. The van der Waals surface area contributed by atoms with Crippen LogP contribution in [0.25, 0.3) is 5.65 Å². The van der Waals surface area contributed by atoms with Gasteiger partial charge in [0.05, 0.1) is 6.20 Å². The molecule has 3 aromatic rings. The second kappa shape index (κ2) is 6.29. The number of fused-ring (bicyclic) bond motifs is 1. The molecule has 4 rings (SSSR count). The van der Waals surface area contributed by atoms with Crippen LogP contribution >= 0.6 is 0 Å². The number of hydrogen-bond acceptors (Lipinski definition) is 7. The van der Waals surface area contributed by atoms with Crippen LogP contribution in [0, 0.1) is 5.92 Å². The number of nitrogens with one attached hydrogen (secondary N) is 1. The molecule has 0 aromatic carbocycles. The van der Waals surface area contributed by atoms with Crippen molar-refractivity contribution < 1.29 is 4.79 Å². The molecule has 142 valence electrons. The third kappa shape index (κ3) is 3.34. The average molecular weight is 369 g/mol. The Morgan fingerprint density at radius 2 is 2.00 bits per heavy atom. The topological polar surface area (TPSA) is 106 Å². The quantitative estimate of drug-likeness (QED) is 0.710. The standard InChI is InChI=1S/C17H23N9O/c1-17(2,3)16-21-20-13-5-6-14(22-26(13)16)25-8-11(9-25)7-18-15(27)12-10-24(4)23-19-12/h5-6,10-11H,7-9H2,1-4H3,(H,18,27). The summed E-state index contributed by atoms with van der Waals surface area (Å²) in [6, 6.07) is 3.90. The molecular weight excluding hydrogens is 346 g/mol. The van der Waals surface area contributed by atoms with Gasteiger partial charge in [0.1, 0.15) is 5.82 Å². The Balaban J connectivity index is 1.37. The summed E-state index contributed by atoms with van der Waals surface area (Å²) in [5.41, 5.74) is 0.952. The molecular formula is C17H23N9O. The number of rotatable bonds is 4. The maximum atomic E-state index is 12.0. The van der Waals surface area contributed by atoms with E-state index >= 15 is 0 Å². The first-order valence-electron chi connectivity index (χ1n) is 8.93. The molecule has 0 unspecified atom stereocenters. The molecule has 27 heavy (non-hydrogen) atoms. The van der Waals surface area contributed by atoms with E-state index in [4.69, 9.17) is 5.10 Å². The van der Waals surface area contributed by atoms with Gasteiger partial charge in [-0.2, -0.15) is 4.52 Å². The van der Waals surface area contributed by atoms with Gasteiger partial charge >= 0.3 is 0 Å². The fourth-order valence-corrected chi connectivity index (χ4v) is 3.08. The van der Waals surface area contributed by atoms with Gasteiger partial charge in [0, 0.05) is 38.0 Å². The van der Waals surface area contributed by atoms with Crippen molar-refractivity contribution in [2.45, 2.75) is 26.2 Å². The van der Waals surface area contributed by atoms with Crippen molar-refractivity contribution in [2.75, 3.05) is 24.5 Å². The molecule has 1 fully saturated rings. The zero-order chi connectivity index (χ0) is 19.2. The first-order chi connectivity index (χ1) is 12.8. The van der Waals surface area contributed by atoms with Crippen LogP contribution in [0.1, 0.15) is 37.1 Å². The van der Waals surface area contributed by atoms with Crippen LogP contribution in [0.15, 0.2) is 18.3 Å². The van der Waals surface area contributed by atoms with Crippen molar-refractivity contribution in [3.05, 3.63) is 29.8 Å². The van der Waals surface area contributed by atoms with E-state index in [2.05, 4.69) is 51.5 Å². The number of aryl methyl sites for hydroxylation is 1. The van der Waals surface area contributed by atoms with Gasteiger partial charge in [0.15, 0.2) is 17.2 Å². The van der Waals surface area contributed by atoms with E-state index < -0.39 is 0 Å². The lowest BCUT2D eigenvalue weighted by atomic mass is 9.96. The Morgan fingerprint density at radius 3 is 2.67 bits per heavy atom. The molecule has 0 bridgehead atoms. The van der Waals surface area contributed by atoms with Gasteiger partial charge in [-0.05, 0) is 12.1 Å². The molecule has 3 aromatic heterocycles. The van der Waals surface area contributed by atoms with Crippen molar-refractivity contribution in [1.29, 1.82) is 0 Å². The third-order valence-electron chi connectivity index (χ3n) is 4.59. The number of nitrogens with zero attached hydrogens (tertiary/aromatic N) is 8. The van der Waals surface area contributed by atoms with Gasteiger partial charge in [-0.15, -0.1) is 20.4 Å². The lowest BCUT2D eigenvalue weighted by Gasteiger charge is -2.40. The van der Waals surface area contributed by atoms with Gasteiger partial charge < -0.3 is 10.2 Å². The largest absolute Gasteiger partial charge is 0.354 e. The summed E-state index contributed by atoms with van der Waals surface area (Å²) >= 11 is 0. The van der Waals surface area contributed by atoms with E-state index in [9.17, 15) is 4.79 Å². The van der Waals surface area contributed by atoms with E-state index in [0.717, 1.165) is 30.4 Å². The Bertz CT molecular complexity index is 978. The van der Waals surface area contributed by atoms with Crippen molar-refractivity contribution in [1.82, 2.24) is 40.1 Å². The molecule has 0 aliphatic carbocycles. The van der Waals surface area contributed by atoms with Crippen LogP contribution in [0.5, 0.6) is 0 Å². The summed E-state index contributed by atoms with van der Waals surface area (Å²) < 4.78 is 3.33. The Hall–Kier alpha value is -3.04. The lowest BCUT2D eigenvalue weighted by Crippen LogP contribution is -2.52. The summed E-state index contributed by atoms with van der Waals surface area (Å²) in [5, 5.41) is 23.7. The summed E-state index contributed by atoms with van der Waals surface area (Å²) in [5.74, 6) is 1.92. The van der Waals surface area contributed by atoms with Crippen LogP contribution in [-0.2, 0) is 12.5 Å². The van der Waals surface area contributed by atoms with Crippen LogP contribution in [0.2, 0.25) is 0 Å². The van der Waals surface area contributed by atoms with Crippen LogP contribution < -0.4 is 10.2 Å². The zero-order valence-corrected chi connectivity index (χ0v) is 15.9. The highest BCUT2D eigenvalue weighted by atomic mass is 16.2. The first-order valence-corrected chi connectivity index (χ1v) is 8.93. The number of carbonyl (C=O) groups excluding carboxylic acids is 1. The number of amides is 1. The van der Waals surface area contributed by atoms with Crippen LogP contribution in [0.4, 0.5) is 5.82 Å². The predicted molar refractivity (Wildman–Crippen MR) is 98.5 cm³/mol. The SMILES string of the molecule is Cn1cc(C(=O)NCC2CN(c3ccc4nnc(C(C)(C)C)n4n3)C2)nn1. The third-order valence-corrected chi connectivity index (χ3v) is 4.59. The molecule has 0 spiro atoms. The van der Waals surface area contributed by atoms with Gasteiger partial charge in [0.2, 0.25) is 0 Å². The van der Waals surface area contributed by atoms with Crippen LogP contribution in [0.3, 0.4) is 0 Å². The highest BCUT2D eigenvalue weighted by Gasteiger charge is 2.29. The van der Waals surface area contributed by atoms with Gasteiger partial charge in [-0.3, -0.25) is 9.48 Å². The van der Waals surface area contributed by atoms with Gasteiger partial charge in [0.25, 0.3) is 5.91 Å². The van der Waals surface area contributed by atoms with Crippen LogP contribution in [-0.4, -0.2) is 60.3 Å². The molecule has 1 saturated heterocycles. The van der Waals surface area contributed by atoms with Crippen molar-refractivity contribution >= 4 is 17.4 Å². The van der Waals surface area contributed by atoms with Gasteiger partial charge in [-0.1, -0.05) is 26.0 Å². The normalized spacial score (nSPS) is 15.2. The Morgan fingerprint density at radius 1 is 1.22 bits per heavy atom. The predicted octanol–water partition coefficient (Wildman–Crippen LogP) is 0.416. The summed E-state index contributed by atoms with van der Waals surface area (Å²) in [6.07, 6.45) is 1.60. The average Bonchev–Trinajstić information content (AvgIpc) is 3.18. The molecule has 1 aliphatic rings. The maximum Gasteiger partial charge on any atom is 0.273 e. The van der Waals surface area contributed by atoms with Gasteiger partial charge in [-0.25, -0.2) is 0 Å². The minimum atomic E-state index is -0.194. The number of anilines is 1. The minimum absolute atomic E-state index is 0.132. The molecule has 1 aliphatic heterocycles. The van der Waals surface area contributed by atoms with Crippen molar-refractivity contribution in [2.24, 2.45) is 13.0 Å². The lowest BCUT2D eigenvalue weighted by molar-refractivity contribution is 0.0939. The van der Waals surface area contributed by atoms with Crippen molar-refractivity contribution in [3.8, 4) is 0 Å². The second-order valence-electron chi connectivity index (χ2n) is 7.99. The molecule has 10 nitrogen and oxygen atoms in total. The number of aromatic nitrogens is 7. The Labute approximate surface area is 156 Å². The molecule has 0 radical (unpaired) electrons. The fraction of sp³-hybridized carbons (Fsp3) is 0.529. The molecule has 1 amide bonds. The summed E-state index contributed by atoms with van der Waals surface area (Å²) in [4.78, 5) is 14.2.